The minimum atomic E-state index is 0. The van der Waals surface area contributed by atoms with Crippen LogP contribution in [-0.4, -0.2) is 6.54 Å². The maximum atomic E-state index is 3.27. The summed E-state index contributed by atoms with van der Waals surface area (Å²) < 4.78 is 0. The molecule has 2 heteroatoms. The predicted octanol–water partition coefficient (Wildman–Crippen LogP) is 0.339. The van der Waals surface area contributed by atoms with Crippen molar-refractivity contribution in [3.8, 4) is 0 Å². The summed E-state index contributed by atoms with van der Waals surface area (Å²) in [5.74, 6) is 0. The van der Waals surface area contributed by atoms with Crippen LogP contribution in [0.4, 0.5) is 5.69 Å². The summed E-state index contributed by atoms with van der Waals surface area (Å²) in [5.41, 5.74) is 1.18. The summed E-state index contributed by atoms with van der Waals surface area (Å²) in [6.07, 6.45) is 1.17. The van der Waals surface area contributed by atoms with Crippen LogP contribution in [0.2, 0.25) is 0 Å². The van der Waals surface area contributed by atoms with Gasteiger partial charge in [-0.1, -0.05) is 26.5 Å². The van der Waals surface area contributed by atoms with Crippen LogP contribution in [0, 0.1) is 6.07 Å². The van der Waals surface area contributed by atoms with Crippen LogP contribution in [-0.2, 0) is 0 Å². The second-order valence-electron chi connectivity index (χ2n) is 2.22. The average Bonchev–Trinajstić information content (AvgIpc) is 2.19. The van der Waals surface area contributed by atoms with Crippen LogP contribution in [0.5, 0.6) is 0 Å². The Balaban J connectivity index is 0. The molecule has 0 bridgehead atoms. The topological polar surface area (TPSA) is 12.0 Å². The zero-order valence-electron chi connectivity index (χ0n) is 9.22. The van der Waals surface area contributed by atoms with Gasteiger partial charge in [-0.2, -0.15) is 18.2 Å². The van der Waals surface area contributed by atoms with Crippen molar-refractivity contribution in [1.29, 1.82) is 0 Å². The van der Waals surface area contributed by atoms with Crippen molar-refractivity contribution in [3.05, 3.63) is 30.3 Å². The number of rotatable bonds is 3. The summed E-state index contributed by atoms with van der Waals surface area (Å²) in [5, 5.41) is 3.27. The number of benzene rings is 1. The zero-order chi connectivity index (χ0) is 9.23. The molecule has 0 heterocycles. The summed E-state index contributed by atoms with van der Waals surface area (Å²) in [7, 11) is 0. The first-order valence-electron chi connectivity index (χ1n) is 4.63. The Bertz CT molecular complexity index is 175. The molecule has 0 saturated heterocycles. The Hall–Kier alpha value is 1.07. The largest absolute Gasteiger partial charge is 1.00 e. The first-order chi connectivity index (χ1) is 5.93. The monoisotopic (exact) mass is 297 g/mol. The predicted molar refractivity (Wildman–Crippen MR) is 55.4 cm³/mol. The Morgan fingerprint density at radius 1 is 1.23 bits per heavy atom. The normalized spacial score (nSPS) is 7.62. The summed E-state index contributed by atoms with van der Waals surface area (Å²) >= 11 is 0. The third-order valence-corrected chi connectivity index (χ3v) is 1.30. The van der Waals surface area contributed by atoms with Crippen molar-refractivity contribution in [1.82, 2.24) is 0 Å². The van der Waals surface area contributed by atoms with E-state index < -0.39 is 0 Å². The van der Waals surface area contributed by atoms with E-state index in [1.165, 1.54) is 12.1 Å². The van der Waals surface area contributed by atoms with E-state index in [0.29, 0.717) is 0 Å². The second kappa shape index (κ2) is 13.1. The maximum Gasteiger partial charge on any atom is 1.00 e. The van der Waals surface area contributed by atoms with E-state index in [0.717, 1.165) is 6.54 Å². The molecule has 0 aliphatic rings. The van der Waals surface area contributed by atoms with Gasteiger partial charge in [-0.15, -0.1) is 12.1 Å². The smallest absolute Gasteiger partial charge is 0.406 e. The van der Waals surface area contributed by atoms with Crippen molar-refractivity contribution in [2.24, 2.45) is 0 Å². The van der Waals surface area contributed by atoms with Crippen LogP contribution in [0.3, 0.4) is 0 Å². The molecule has 0 amide bonds. The van der Waals surface area contributed by atoms with Crippen LogP contribution < -0.4 is 74.2 Å². The first-order valence-corrected chi connectivity index (χ1v) is 4.63. The molecular weight excluding hydrogens is 279 g/mol. The van der Waals surface area contributed by atoms with Crippen molar-refractivity contribution in [3.63, 3.8) is 0 Å². The summed E-state index contributed by atoms with van der Waals surface area (Å²) in [6.45, 7) is 7.20. The van der Waals surface area contributed by atoms with Crippen LogP contribution in [0.25, 0.3) is 0 Å². The fraction of sp³-hybridized carbons (Fsp3) is 0.455. The molecule has 1 aromatic carbocycles. The molecule has 0 saturated carbocycles. The van der Waals surface area contributed by atoms with Crippen LogP contribution >= 0.6 is 0 Å². The molecule has 1 nitrogen and oxygen atoms in total. The summed E-state index contributed by atoms with van der Waals surface area (Å²) in [4.78, 5) is 0. The van der Waals surface area contributed by atoms with Gasteiger partial charge in [-0.25, -0.2) is 0 Å². The molecule has 0 unspecified atom stereocenters. The molecule has 0 spiro atoms. The fourth-order valence-corrected chi connectivity index (χ4v) is 0.774. The number of hydrogen-bond acceptors (Lipinski definition) is 1. The minimum absolute atomic E-state index is 0. The van der Waals surface area contributed by atoms with Gasteiger partial charge in [0.1, 0.15) is 0 Å². The van der Waals surface area contributed by atoms with Gasteiger partial charge < -0.3 is 5.32 Å². The molecule has 13 heavy (non-hydrogen) atoms. The Labute approximate surface area is 141 Å². The molecule has 1 aromatic rings. The second-order valence-corrected chi connectivity index (χ2v) is 2.22. The molecular formula is C11H18CsN. The number of anilines is 1. The van der Waals surface area contributed by atoms with E-state index in [1.807, 2.05) is 38.1 Å². The number of nitrogens with one attached hydrogen (secondary N) is 1. The van der Waals surface area contributed by atoms with Crippen LogP contribution in [0.15, 0.2) is 24.3 Å². The van der Waals surface area contributed by atoms with Gasteiger partial charge in [0.05, 0.1) is 0 Å². The van der Waals surface area contributed by atoms with Gasteiger partial charge in [0.2, 0.25) is 0 Å². The summed E-state index contributed by atoms with van der Waals surface area (Å²) in [6, 6.07) is 10.8. The van der Waals surface area contributed by atoms with E-state index in [-0.39, 0.29) is 68.9 Å². The van der Waals surface area contributed by atoms with Crippen molar-refractivity contribution in [2.45, 2.75) is 27.2 Å². The third-order valence-electron chi connectivity index (χ3n) is 1.30. The van der Waals surface area contributed by atoms with Gasteiger partial charge in [0.15, 0.2) is 0 Å². The quantitative estimate of drug-likeness (QED) is 0.793. The number of hydrogen-bond donors (Lipinski definition) is 1. The fourth-order valence-electron chi connectivity index (χ4n) is 0.774. The zero-order valence-corrected chi connectivity index (χ0v) is 15.5. The van der Waals surface area contributed by atoms with Gasteiger partial charge in [0.25, 0.3) is 0 Å². The molecule has 0 fully saturated rings. The molecule has 1 N–H and O–H groups in total. The Morgan fingerprint density at radius 2 is 1.77 bits per heavy atom. The molecule has 0 aromatic heterocycles. The minimum Gasteiger partial charge on any atom is -0.406 e. The van der Waals surface area contributed by atoms with Crippen LogP contribution in [0.1, 0.15) is 27.2 Å². The molecule has 0 aliphatic carbocycles. The van der Waals surface area contributed by atoms with Crippen molar-refractivity contribution >= 4 is 5.69 Å². The Morgan fingerprint density at radius 3 is 2.23 bits per heavy atom. The van der Waals surface area contributed by atoms with E-state index in [2.05, 4.69) is 18.3 Å². The van der Waals surface area contributed by atoms with Crippen molar-refractivity contribution < 1.29 is 68.9 Å². The van der Waals surface area contributed by atoms with Gasteiger partial charge in [-0.3, -0.25) is 0 Å². The maximum absolute atomic E-state index is 3.27. The SMILES string of the molecule is CC.CCCNc1cc[c-]cc1.[Cs+]. The standard InChI is InChI=1S/C9H12N.C2H6.Cs/c1-2-8-10-9-6-4-3-5-7-9;1-2;/h4-7,10H,2,8H2,1H3;1-2H3;/q-1;;+1. The molecule has 0 aliphatic heterocycles. The van der Waals surface area contributed by atoms with E-state index in [4.69, 9.17) is 0 Å². The average molecular weight is 297 g/mol. The molecule has 0 atom stereocenters. The first kappa shape index (κ1) is 16.5. The molecule has 1 rings (SSSR count). The van der Waals surface area contributed by atoms with Gasteiger partial charge in [-0.05, 0) is 6.42 Å². The van der Waals surface area contributed by atoms with E-state index in [1.54, 1.807) is 0 Å². The van der Waals surface area contributed by atoms with Gasteiger partial charge >= 0.3 is 68.9 Å². The van der Waals surface area contributed by atoms with Crippen molar-refractivity contribution in [2.75, 3.05) is 11.9 Å². The van der Waals surface area contributed by atoms with E-state index >= 15 is 0 Å². The molecule has 0 radical (unpaired) electrons. The third kappa shape index (κ3) is 9.38. The van der Waals surface area contributed by atoms with Gasteiger partial charge in [0, 0.05) is 6.54 Å². The van der Waals surface area contributed by atoms with E-state index in [9.17, 15) is 0 Å². The Kier molecular flexibility index (Phi) is 16.6. The molecule has 68 valence electrons.